The second-order valence-corrected chi connectivity index (χ2v) is 7.95. The van der Waals surface area contributed by atoms with Gasteiger partial charge in [-0.25, -0.2) is 0 Å². The van der Waals surface area contributed by atoms with Crippen molar-refractivity contribution >= 4 is 29.3 Å². The number of nitrogens with one attached hydrogen (secondary N) is 2. The molecular formula is C22H25N5O3S. The molecule has 0 spiro atoms. The van der Waals surface area contributed by atoms with Gasteiger partial charge in [-0.15, -0.1) is 10.2 Å². The number of amides is 2. The summed E-state index contributed by atoms with van der Waals surface area (Å²) < 4.78 is 6.86. The van der Waals surface area contributed by atoms with Crippen molar-refractivity contribution in [3.8, 4) is 5.75 Å². The predicted octanol–water partition coefficient (Wildman–Crippen LogP) is 3.10. The minimum Gasteiger partial charge on any atom is -0.497 e. The van der Waals surface area contributed by atoms with Gasteiger partial charge in [-0.1, -0.05) is 17.8 Å². The lowest BCUT2D eigenvalue weighted by Gasteiger charge is -2.08. The zero-order valence-electron chi connectivity index (χ0n) is 17.9. The fraction of sp³-hybridized carbons (Fsp3) is 0.273. The minimum absolute atomic E-state index is 0.120. The van der Waals surface area contributed by atoms with Crippen molar-refractivity contribution in [1.29, 1.82) is 0 Å². The monoisotopic (exact) mass is 439 g/mol. The van der Waals surface area contributed by atoms with E-state index in [0.717, 1.165) is 11.3 Å². The van der Waals surface area contributed by atoms with Crippen LogP contribution in [0.15, 0.2) is 47.6 Å². The van der Waals surface area contributed by atoms with Gasteiger partial charge in [-0.05, 0) is 61.4 Å². The summed E-state index contributed by atoms with van der Waals surface area (Å²) in [5.74, 6) is 1.15. The molecule has 2 aromatic carbocycles. The molecule has 2 amide bonds. The number of anilines is 1. The molecule has 1 aromatic heterocycles. The summed E-state index contributed by atoms with van der Waals surface area (Å²) in [7, 11) is 3.38. The summed E-state index contributed by atoms with van der Waals surface area (Å²) in [5, 5.41) is 14.6. The number of hydrogen-bond donors (Lipinski definition) is 2. The molecule has 2 N–H and O–H groups in total. The molecule has 0 radical (unpaired) electrons. The first kappa shape index (κ1) is 22.4. The third-order valence-corrected chi connectivity index (χ3v) is 5.83. The Hall–Kier alpha value is -3.33. The van der Waals surface area contributed by atoms with Crippen molar-refractivity contribution < 1.29 is 14.3 Å². The van der Waals surface area contributed by atoms with Crippen molar-refractivity contribution in [2.24, 2.45) is 7.05 Å². The SMILES string of the molecule is COc1ccc(C(=O)NCc2nnc(SCC(=O)Nc3ccc(C)c(C)c3)n2C)cc1. The van der Waals surface area contributed by atoms with Crippen LogP contribution in [0.5, 0.6) is 5.75 Å². The summed E-state index contributed by atoms with van der Waals surface area (Å²) in [4.78, 5) is 24.6. The van der Waals surface area contributed by atoms with Crippen molar-refractivity contribution in [2.45, 2.75) is 25.5 Å². The quantitative estimate of drug-likeness (QED) is 0.524. The Labute approximate surface area is 185 Å². The Kier molecular flexibility index (Phi) is 7.30. The molecule has 1 heterocycles. The molecule has 0 fully saturated rings. The number of nitrogens with zero attached hydrogens (tertiary/aromatic N) is 3. The van der Waals surface area contributed by atoms with Crippen molar-refractivity contribution in [2.75, 3.05) is 18.2 Å². The van der Waals surface area contributed by atoms with E-state index in [2.05, 4.69) is 20.8 Å². The van der Waals surface area contributed by atoms with E-state index in [0.29, 0.717) is 22.3 Å². The zero-order chi connectivity index (χ0) is 22.4. The average molecular weight is 440 g/mol. The lowest BCUT2D eigenvalue weighted by Crippen LogP contribution is -2.24. The highest BCUT2D eigenvalue weighted by atomic mass is 32.2. The average Bonchev–Trinajstić information content (AvgIpc) is 3.12. The fourth-order valence-electron chi connectivity index (χ4n) is 2.77. The van der Waals surface area contributed by atoms with Crippen LogP contribution >= 0.6 is 11.8 Å². The largest absolute Gasteiger partial charge is 0.497 e. The minimum atomic E-state index is -0.215. The van der Waals surface area contributed by atoms with Crippen LogP contribution in [-0.4, -0.2) is 39.4 Å². The van der Waals surface area contributed by atoms with E-state index in [1.165, 1.54) is 17.3 Å². The smallest absolute Gasteiger partial charge is 0.251 e. The van der Waals surface area contributed by atoms with E-state index in [9.17, 15) is 9.59 Å². The Morgan fingerprint density at radius 3 is 2.48 bits per heavy atom. The van der Waals surface area contributed by atoms with Gasteiger partial charge in [-0.2, -0.15) is 0 Å². The molecule has 0 unspecified atom stereocenters. The molecule has 0 saturated carbocycles. The topological polar surface area (TPSA) is 98.1 Å². The first-order chi connectivity index (χ1) is 14.9. The maximum Gasteiger partial charge on any atom is 0.251 e. The van der Waals surface area contributed by atoms with Gasteiger partial charge in [0.05, 0.1) is 19.4 Å². The summed E-state index contributed by atoms with van der Waals surface area (Å²) in [6.07, 6.45) is 0. The van der Waals surface area contributed by atoms with E-state index >= 15 is 0 Å². The predicted molar refractivity (Wildman–Crippen MR) is 120 cm³/mol. The zero-order valence-corrected chi connectivity index (χ0v) is 18.7. The van der Waals surface area contributed by atoms with Crippen molar-refractivity contribution in [3.05, 3.63) is 65.0 Å². The Morgan fingerprint density at radius 1 is 1.06 bits per heavy atom. The van der Waals surface area contributed by atoms with Crippen LogP contribution in [0.1, 0.15) is 27.3 Å². The third-order valence-electron chi connectivity index (χ3n) is 4.81. The van der Waals surface area contributed by atoms with Gasteiger partial charge in [-0.3, -0.25) is 9.59 Å². The highest BCUT2D eigenvalue weighted by Gasteiger charge is 2.13. The molecule has 0 saturated heterocycles. The highest BCUT2D eigenvalue weighted by molar-refractivity contribution is 7.99. The number of rotatable bonds is 8. The first-order valence-electron chi connectivity index (χ1n) is 9.68. The molecule has 0 atom stereocenters. The molecule has 0 aliphatic heterocycles. The Morgan fingerprint density at radius 2 is 1.81 bits per heavy atom. The molecule has 31 heavy (non-hydrogen) atoms. The fourth-order valence-corrected chi connectivity index (χ4v) is 3.50. The number of thioether (sulfide) groups is 1. The van der Waals surface area contributed by atoms with Crippen LogP contribution < -0.4 is 15.4 Å². The number of carbonyl (C=O) groups is 2. The van der Waals surface area contributed by atoms with Gasteiger partial charge < -0.3 is 19.9 Å². The van der Waals surface area contributed by atoms with Crippen molar-refractivity contribution in [1.82, 2.24) is 20.1 Å². The highest BCUT2D eigenvalue weighted by Crippen LogP contribution is 2.18. The molecule has 3 rings (SSSR count). The lowest BCUT2D eigenvalue weighted by atomic mass is 10.1. The molecule has 0 aliphatic rings. The first-order valence-corrected chi connectivity index (χ1v) is 10.7. The maximum atomic E-state index is 12.3. The Balaban J connectivity index is 1.51. The number of aromatic nitrogens is 3. The van der Waals surface area contributed by atoms with Gasteiger partial charge in [0.2, 0.25) is 5.91 Å². The lowest BCUT2D eigenvalue weighted by molar-refractivity contribution is -0.113. The second-order valence-electron chi connectivity index (χ2n) is 7.00. The number of aryl methyl sites for hydroxylation is 2. The summed E-state index contributed by atoms with van der Waals surface area (Å²) >= 11 is 1.29. The molecule has 8 nitrogen and oxygen atoms in total. The molecular weight excluding hydrogens is 414 g/mol. The third kappa shape index (κ3) is 5.85. The number of ether oxygens (including phenoxy) is 1. The van der Waals surface area contributed by atoms with E-state index in [1.54, 1.807) is 43.0 Å². The number of methoxy groups -OCH3 is 1. The van der Waals surface area contributed by atoms with Crippen LogP contribution in [0, 0.1) is 13.8 Å². The molecule has 9 heteroatoms. The van der Waals surface area contributed by atoms with Crippen LogP contribution in [0.4, 0.5) is 5.69 Å². The second kappa shape index (κ2) is 10.1. The summed E-state index contributed by atoms with van der Waals surface area (Å²) in [6.45, 7) is 4.26. The van der Waals surface area contributed by atoms with Gasteiger partial charge in [0.1, 0.15) is 5.75 Å². The van der Waals surface area contributed by atoms with Crippen LogP contribution in [0.3, 0.4) is 0 Å². The van der Waals surface area contributed by atoms with E-state index < -0.39 is 0 Å². The number of carbonyl (C=O) groups excluding carboxylic acids is 2. The van der Waals surface area contributed by atoms with Gasteiger partial charge in [0.15, 0.2) is 11.0 Å². The van der Waals surface area contributed by atoms with Crippen LogP contribution in [0.25, 0.3) is 0 Å². The number of hydrogen-bond acceptors (Lipinski definition) is 6. The van der Waals surface area contributed by atoms with Gasteiger partial charge in [0.25, 0.3) is 5.91 Å². The van der Waals surface area contributed by atoms with Crippen molar-refractivity contribution in [3.63, 3.8) is 0 Å². The molecule has 0 aliphatic carbocycles. The Bertz CT molecular complexity index is 1080. The number of benzene rings is 2. The van der Waals surface area contributed by atoms with Crippen LogP contribution in [0.2, 0.25) is 0 Å². The molecule has 3 aromatic rings. The maximum absolute atomic E-state index is 12.3. The van der Waals surface area contributed by atoms with Crippen LogP contribution in [-0.2, 0) is 18.4 Å². The summed E-state index contributed by atoms with van der Waals surface area (Å²) in [6, 6.07) is 12.7. The molecule has 0 bridgehead atoms. The van der Waals surface area contributed by atoms with E-state index in [4.69, 9.17) is 4.74 Å². The normalized spacial score (nSPS) is 10.6. The van der Waals surface area contributed by atoms with E-state index in [-0.39, 0.29) is 24.1 Å². The summed E-state index contributed by atoms with van der Waals surface area (Å²) in [5.41, 5.74) is 3.60. The van der Waals surface area contributed by atoms with Gasteiger partial charge in [0, 0.05) is 18.3 Å². The van der Waals surface area contributed by atoms with Gasteiger partial charge >= 0.3 is 0 Å². The molecule has 162 valence electrons. The van der Waals surface area contributed by atoms with E-state index in [1.807, 2.05) is 32.0 Å². The standard InChI is InChI=1S/C22H25N5O3S/c1-14-5-8-17(11-15(14)2)24-20(28)13-31-22-26-25-19(27(22)3)12-23-21(29)16-6-9-18(30-4)10-7-16/h5-11H,12-13H2,1-4H3,(H,23,29)(H,24,28).